The monoisotopic (exact) mass is 218 g/mol. The van der Waals surface area contributed by atoms with Gasteiger partial charge in [0, 0.05) is 6.04 Å². The molecule has 3 aliphatic carbocycles. The zero-order chi connectivity index (χ0) is 11.0. The molecule has 16 heavy (non-hydrogen) atoms. The van der Waals surface area contributed by atoms with E-state index >= 15 is 0 Å². The predicted octanol–water partition coefficient (Wildman–Crippen LogP) is 2.70. The van der Waals surface area contributed by atoms with Crippen molar-refractivity contribution in [1.29, 1.82) is 5.26 Å². The van der Waals surface area contributed by atoms with Gasteiger partial charge in [-0.1, -0.05) is 12.8 Å². The molecule has 3 rings (SSSR count). The molecule has 0 aromatic heterocycles. The van der Waals surface area contributed by atoms with E-state index in [4.69, 9.17) is 5.26 Å². The lowest BCUT2D eigenvalue weighted by Crippen LogP contribution is -2.36. The van der Waals surface area contributed by atoms with E-state index in [1.54, 1.807) is 0 Å². The van der Waals surface area contributed by atoms with Crippen molar-refractivity contribution in [3.05, 3.63) is 0 Å². The second kappa shape index (κ2) is 4.37. The summed E-state index contributed by atoms with van der Waals surface area (Å²) in [6.07, 6.45) is 9.51. The zero-order valence-corrected chi connectivity index (χ0v) is 9.99. The second-order valence-corrected chi connectivity index (χ2v) is 6.12. The van der Waals surface area contributed by atoms with Crippen molar-refractivity contribution < 1.29 is 0 Å². The Bertz CT molecular complexity index is 294. The van der Waals surface area contributed by atoms with Crippen LogP contribution in [0.15, 0.2) is 0 Å². The minimum absolute atomic E-state index is 0.290. The molecule has 0 aliphatic heterocycles. The van der Waals surface area contributed by atoms with Gasteiger partial charge in [0.15, 0.2) is 0 Å². The Kier molecular flexibility index (Phi) is 2.90. The molecule has 0 aromatic rings. The van der Waals surface area contributed by atoms with Crippen LogP contribution in [-0.4, -0.2) is 12.6 Å². The van der Waals surface area contributed by atoms with Crippen molar-refractivity contribution >= 4 is 0 Å². The third kappa shape index (κ3) is 1.86. The van der Waals surface area contributed by atoms with Crippen LogP contribution in [0.25, 0.3) is 0 Å². The van der Waals surface area contributed by atoms with Gasteiger partial charge in [-0.25, -0.2) is 0 Å². The first kappa shape index (κ1) is 10.6. The molecule has 2 nitrogen and oxygen atoms in total. The van der Waals surface area contributed by atoms with Gasteiger partial charge in [-0.2, -0.15) is 5.26 Å². The molecule has 3 aliphatic rings. The third-order valence-electron chi connectivity index (χ3n) is 5.21. The summed E-state index contributed by atoms with van der Waals surface area (Å²) in [6.45, 7) is 1.18. The molecular formula is C14H22N2. The number of nitrogens with zero attached hydrogens (tertiary/aromatic N) is 1. The molecule has 0 amide bonds. The molecule has 0 saturated heterocycles. The maximum atomic E-state index is 9.04. The molecule has 5 atom stereocenters. The summed E-state index contributed by atoms with van der Waals surface area (Å²) in [5, 5.41) is 12.7. The fourth-order valence-corrected chi connectivity index (χ4v) is 4.29. The first-order chi connectivity index (χ1) is 7.86. The first-order valence-electron chi connectivity index (χ1n) is 7.00. The normalized spacial score (nSPS) is 46.1. The molecule has 0 spiro atoms. The van der Waals surface area contributed by atoms with Crippen LogP contribution in [0.5, 0.6) is 0 Å². The molecule has 2 heteroatoms. The number of hydrogen-bond acceptors (Lipinski definition) is 2. The van der Waals surface area contributed by atoms with Gasteiger partial charge >= 0.3 is 0 Å². The fourth-order valence-electron chi connectivity index (χ4n) is 4.29. The highest BCUT2D eigenvalue weighted by Gasteiger charge is 2.39. The summed E-state index contributed by atoms with van der Waals surface area (Å²) in [4.78, 5) is 0. The van der Waals surface area contributed by atoms with Gasteiger partial charge in [-0.05, 0) is 56.4 Å². The van der Waals surface area contributed by atoms with Crippen LogP contribution >= 0.6 is 0 Å². The summed E-state index contributed by atoms with van der Waals surface area (Å²) in [7, 11) is 0. The molecule has 88 valence electrons. The Morgan fingerprint density at radius 2 is 2.06 bits per heavy atom. The smallest absolute Gasteiger partial charge is 0.0672 e. The van der Waals surface area contributed by atoms with Crippen molar-refractivity contribution in [3.8, 4) is 6.07 Å². The van der Waals surface area contributed by atoms with E-state index < -0.39 is 0 Å². The van der Waals surface area contributed by atoms with Crippen molar-refractivity contribution in [2.45, 2.75) is 51.0 Å². The number of hydrogen-bond donors (Lipinski definition) is 1. The van der Waals surface area contributed by atoms with E-state index in [2.05, 4.69) is 11.4 Å². The third-order valence-corrected chi connectivity index (χ3v) is 5.21. The Hall–Kier alpha value is -0.550. The van der Waals surface area contributed by atoms with E-state index in [1.807, 2.05) is 0 Å². The van der Waals surface area contributed by atoms with Crippen LogP contribution in [0, 0.1) is 35.0 Å². The van der Waals surface area contributed by atoms with Crippen molar-refractivity contribution in [1.82, 2.24) is 5.32 Å². The van der Waals surface area contributed by atoms with Crippen LogP contribution < -0.4 is 5.32 Å². The number of nitriles is 1. The molecular weight excluding hydrogens is 196 g/mol. The lowest BCUT2D eigenvalue weighted by molar-refractivity contribution is 0.299. The largest absolute Gasteiger partial charge is 0.312 e. The molecule has 1 N–H and O–H groups in total. The minimum Gasteiger partial charge on any atom is -0.312 e. The van der Waals surface area contributed by atoms with Crippen LogP contribution in [-0.2, 0) is 0 Å². The van der Waals surface area contributed by atoms with Crippen molar-refractivity contribution in [3.63, 3.8) is 0 Å². The second-order valence-electron chi connectivity index (χ2n) is 6.12. The Morgan fingerprint density at radius 3 is 2.75 bits per heavy atom. The highest BCUT2D eigenvalue weighted by atomic mass is 14.9. The quantitative estimate of drug-likeness (QED) is 0.790. The van der Waals surface area contributed by atoms with Gasteiger partial charge in [-0.3, -0.25) is 0 Å². The Morgan fingerprint density at radius 1 is 1.12 bits per heavy atom. The first-order valence-corrected chi connectivity index (χ1v) is 7.00. The highest BCUT2D eigenvalue weighted by molar-refractivity contribution is 4.98. The predicted molar refractivity (Wildman–Crippen MR) is 63.7 cm³/mol. The van der Waals surface area contributed by atoms with Crippen molar-refractivity contribution in [2.24, 2.45) is 23.7 Å². The fraction of sp³-hybridized carbons (Fsp3) is 0.929. The summed E-state index contributed by atoms with van der Waals surface area (Å²) < 4.78 is 0. The SMILES string of the molecule is N#CC1CCCC1NCC1CC2CCC1C2. The van der Waals surface area contributed by atoms with E-state index in [9.17, 15) is 0 Å². The molecule has 3 saturated carbocycles. The van der Waals surface area contributed by atoms with Crippen LogP contribution in [0.1, 0.15) is 44.9 Å². The van der Waals surface area contributed by atoms with Gasteiger partial charge in [0.05, 0.1) is 12.0 Å². The molecule has 0 heterocycles. The van der Waals surface area contributed by atoms with Gasteiger partial charge in [0.2, 0.25) is 0 Å². The van der Waals surface area contributed by atoms with E-state index in [0.717, 1.165) is 24.2 Å². The molecule has 5 unspecified atom stereocenters. The average molecular weight is 218 g/mol. The van der Waals surface area contributed by atoms with Crippen LogP contribution in [0.4, 0.5) is 0 Å². The zero-order valence-electron chi connectivity index (χ0n) is 9.99. The average Bonchev–Trinajstić information content (AvgIpc) is 3.01. The van der Waals surface area contributed by atoms with E-state index in [0.29, 0.717) is 12.0 Å². The van der Waals surface area contributed by atoms with Gasteiger partial charge < -0.3 is 5.32 Å². The van der Waals surface area contributed by atoms with Gasteiger partial charge in [-0.15, -0.1) is 0 Å². The van der Waals surface area contributed by atoms with Crippen LogP contribution in [0.2, 0.25) is 0 Å². The molecule has 2 bridgehead atoms. The highest BCUT2D eigenvalue weighted by Crippen LogP contribution is 2.48. The summed E-state index contributed by atoms with van der Waals surface area (Å²) in [5.41, 5.74) is 0. The van der Waals surface area contributed by atoms with E-state index in [-0.39, 0.29) is 0 Å². The number of fused-ring (bicyclic) bond motifs is 2. The van der Waals surface area contributed by atoms with Gasteiger partial charge in [0.25, 0.3) is 0 Å². The molecule has 0 radical (unpaired) electrons. The Labute approximate surface area is 98.4 Å². The topological polar surface area (TPSA) is 35.8 Å². The number of nitrogens with one attached hydrogen (secondary N) is 1. The minimum atomic E-state index is 0.290. The standard InChI is InChI=1S/C14H22N2/c15-8-12-2-1-3-14(12)16-9-13-7-10-4-5-11(13)6-10/h10-14,16H,1-7,9H2. The summed E-state index contributed by atoms with van der Waals surface area (Å²) >= 11 is 0. The lowest BCUT2D eigenvalue weighted by Gasteiger charge is -2.25. The maximum Gasteiger partial charge on any atom is 0.0672 e. The summed E-state index contributed by atoms with van der Waals surface area (Å²) in [5.74, 6) is 3.28. The van der Waals surface area contributed by atoms with Gasteiger partial charge in [0.1, 0.15) is 0 Å². The Balaban J connectivity index is 1.48. The lowest BCUT2D eigenvalue weighted by atomic mass is 9.88. The van der Waals surface area contributed by atoms with Crippen molar-refractivity contribution in [2.75, 3.05) is 6.54 Å². The summed E-state index contributed by atoms with van der Waals surface area (Å²) in [6, 6.07) is 2.96. The van der Waals surface area contributed by atoms with E-state index in [1.165, 1.54) is 45.1 Å². The number of rotatable bonds is 3. The molecule has 3 fully saturated rings. The maximum absolute atomic E-state index is 9.04. The van der Waals surface area contributed by atoms with Crippen LogP contribution in [0.3, 0.4) is 0 Å². The molecule has 0 aromatic carbocycles.